The third-order valence-corrected chi connectivity index (χ3v) is 3.73. The van der Waals surface area contributed by atoms with Gasteiger partial charge in [0, 0.05) is 14.8 Å². The molecule has 3 nitrogen and oxygen atoms in total. The number of aromatic carboxylic acids is 1. The number of rotatable bonds is 4. The molecule has 2 rings (SSSR count). The van der Waals surface area contributed by atoms with Gasteiger partial charge in [0.1, 0.15) is 5.75 Å². The van der Waals surface area contributed by atoms with Gasteiger partial charge in [-0.05, 0) is 36.4 Å². The topological polar surface area (TPSA) is 46.5 Å². The van der Waals surface area contributed by atoms with Crippen LogP contribution in [0.2, 0.25) is 5.02 Å². The van der Waals surface area contributed by atoms with E-state index in [0.29, 0.717) is 15.7 Å². The number of halogens is 1. The number of ether oxygens (including phenoxy) is 1. The molecule has 0 radical (unpaired) electrons. The van der Waals surface area contributed by atoms with E-state index in [0.717, 1.165) is 4.90 Å². The number of hydrogen-bond donors (Lipinski definition) is 1. The lowest BCUT2D eigenvalue weighted by atomic mass is 10.2. The minimum Gasteiger partial charge on any atom is -0.497 e. The van der Waals surface area contributed by atoms with Crippen LogP contribution in [0.1, 0.15) is 10.4 Å². The van der Waals surface area contributed by atoms with Gasteiger partial charge in [-0.1, -0.05) is 29.4 Å². The highest BCUT2D eigenvalue weighted by Gasteiger charge is 2.12. The van der Waals surface area contributed by atoms with Crippen molar-refractivity contribution in [2.24, 2.45) is 0 Å². The zero-order valence-corrected chi connectivity index (χ0v) is 11.7. The molecule has 0 atom stereocenters. The lowest BCUT2D eigenvalue weighted by Gasteiger charge is -2.08. The molecule has 0 aromatic heterocycles. The summed E-state index contributed by atoms with van der Waals surface area (Å²) in [5, 5.41) is 9.80. The fourth-order valence-corrected chi connectivity index (χ4v) is 2.83. The SMILES string of the molecule is COc1ccc(C(=O)O)c(Sc2cccc(Cl)c2)c1. The minimum atomic E-state index is -0.966. The molecule has 0 aliphatic carbocycles. The first kappa shape index (κ1) is 13.8. The molecule has 0 fully saturated rings. The molecule has 2 aromatic rings. The van der Waals surface area contributed by atoms with Crippen molar-refractivity contribution >= 4 is 29.3 Å². The van der Waals surface area contributed by atoms with Gasteiger partial charge in [-0.25, -0.2) is 4.79 Å². The zero-order chi connectivity index (χ0) is 13.8. The molecule has 0 aliphatic rings. The summed E-state index contributed by atoms with van der Waals surface area (Å²) < 4.78 is 5.12. The van der Waals surface area contributed by atoms with E-state index in [1.807, 2.05) is 12.1 Å². The normalized spacial score (nSPS) is 10.2. The van der Waals surface area contributed by atoms with Gasteiger partial charge in [-0.2, -0.15) is 0 Å². The molecule has 0 bridgehead atoms. The van der Waals surface area contributed by atoms with Gasteiger partial charge < -0.3 is 9.84 Å². The van der Waals surface area contributed by atoms with Crippen molar-refractivity contribution in [1.82, 2.24) is 0 Å². The molecule has 0 unspecified atom stereocenters. The summed E-state index contributed by atoms with van der Waals surface area (Å²) in [7, 11) is 1.55. The van der Waals surface area contributed by atoms with Gasteiger partial charge >= 0.3 is 5.97 Å². The number of hydrogen-bond acceptors (Lipinski definition) is 3. The van der Waals surface area contributed by atoms with Crippen LogP contribution < -0.4 is 4.74 Å². The Kier molecular flexibility index (Phi) is 4.35. The number of methoxy groups -OCH3 is 1. The van der Waals surface area contributed by atoms with Crippen LogP contribution in [0.4, 0.5) is 0 Å². The molecule has 0 heterocycles. The molecule has 0 saturated carbocycles. The fraction of sp³-hybridized carbons (Fsp3) is 0.0714. The summed E-state index contributed by atoms with van der Waals surface area (Å²) in [4.78, 5) is 12.7. The number of carboxylic acids is 1. The van der Waals surface area contributed by atoms with Crippen molar-refractivity contribution in [3.8, 4) is 5.75 Å². The molecule has 0 aliphatic heterocycles. The van der Waals surface area contributed by atoms with Crippen LogP contribution >= 0.6 is 23.4 Å². The Balaban J connectivity index is 2.39. The Morgan fingerprint density at radius 1 is 1.26 bits per heavy atom. The maximum Gasteiger partial charge on any atom is 0.336 e. The molecule has 19 heavy (non-hydrogen) atoms. The Labute approximate surface area is 120 Å². The Hall–Kier alpha value is -1.65. The molecule has 5 heteroatoms. The first-order chi connectivity index (χ1) is 9.10. The van der Waals surface area contributed by atoms with Crippen molar-refractivity contribution < 1.29 is 14.6 Å². The molecule has 0 saturated heterocycles. The second-order valence-electron chi connectivity index (χ2n) is 3.73. The highest BCUT2D eigenvalue weighted by atomic mass is 35.5. The van der Waals surface area contributed by atoms with Crippen LogP contribution in [0, 0.1) is 0 Å². The number of carbonyl (C=O) groups is 1. The quantitative estimate of drug-likeness (QED) is 0.918. The van der Waals surface area contributed by atoms with Gasteiger partial charge in [0.15, 0.2) is 0 Å². The fourth-order valence-electron chi connectivity index (χ4n) is 1.55. The molecule has 0 amide bonds. The maximum atomic E-state index is 11.2. The van der Waals surface area contributed by atoms with Crippen molar-refractivity contribution in [2.45, 2.75) is 9.79 Å². The van der Waals surface area contributed by atoms with Gasteiger partial charge in [0.2, 0.25) is 0 Å². The van der Waals surface area contributed by atoms with E-state index in [1.54, 1.807) is 31.4 Å². The van der Waals surface area contributed by atoms with Gasteiger partial charge in [-0.3, -0.25) is 0 Å². The Bertz CT molecular complexity index is 613. The van der Waals surface area contributed by atoms with Crippen LogP contribution in [0.25, 0.3) is 0 Å². The van der Waals surface area contributed by atoms with Crippen LogP contribution in [0.5, 0.6) is 5.75 Å². The van der Waals surface area contributed by atoms with Gasteiger partial charge in [0.05, 0.1) is 12.7 Å². The standard InChI is InChI=1S/C14H11ClO3S/c1-18-10-5-6-12(14(16)17)13(8-10)19-11-4-2-3-9(15)7-11/h2-8H,1H3,(H,16,17). The van der Waals surface area contributed by atoms with Crippen LogP contribution in [-0.2, 0) is 0 Å². The average molecular weight is 295 g/mol. The summed E-state index contributed by atoms with van der Waals surface area (Å²) in [6, 6.07) is 12.1. The number of carboxylic acid groups (broad SMARTS) is 1. The van der Waals surface area contributed by atoms with Crippen LogP contribution in [0.15, 0.2) is 52.3 Å². The largest absolute Gasteiger partial charge is 0.497 e. The van der Waals surface area contributed by atoms with E-state index in [-0.39, 0.29) is 5.56 Å². The first-order valence-corrected chi connectivity index (χ1v) is 6.64. The summed E-state index contributed by atoms with van der Waals surface area (Å²) in [5.74, 6) is -0.346. The third kappa shape index (κ3) is 3.43. The van der Waals surface area contributed by atoms with E-state index in [1.165, 1.54) is 17.8 Å². The summed E-state index contributed by atoms with van der Waals surface area (Å²) >= 11 is 7.26. The predicted octanol–water partition coefficient (Wildman–Crippen LogP) is 4.20. The minimum absolute atomic E-state index is 0.241. The maximum absolute atomic E-state index is 11.2. The van der Waals surface area contributed by atoms with Crippen LogP contribution in [-0.4, -0.2) is 18.2 Å². The molecule has 0 spiro atoms. The van der Waals surface area contributed by atoms with Crippen molar-refractivity contribution in [3.63, 3.8) is 0 Å². The predicted molar refractivity (Wildman–Crippen MR) is 75.5 cm³/mol. The number of benzene rings is 2. The third-order valence-electron chi connectivity index (χ3n) is 2.44. The highest BCUT2D eigenvalue weighted by molar-refractivity contribution is 7.99. The van der Waals surface area contributed by atoms with E-state index >= 15 is 0 Å². The smallest absolute Gasteiger partial charge is 0.336 e. The molecule has 1 N–H and O–H groups in total. The Morgan fingerprint density at radius 2 is 2.05 bits per heavy atom. The molecule has 2 aromatic carbocycles. The Morgan fingerprint density at radius 3 is 2.68 bits per heavy atom. The van der Waals surface area contributed by atoms with Crippen LogP contribution in [0.3, 0.4) is 0 Å². The van der Waals surface area contributed by atoms with Gasteiger partial charge in [-0.15, -0.1) is 0 Å². The summed E-state index contributed by atoms with van der Waals surface area (Å²) in [5.41, 5.74) is 0.241. The monoisotopic (exact) mass is 294 g/mol. The molecular formula is C14H11ClO3S. The van der Waals surface area contributed by atoms with E-state index in [9.17, 15) is 9.90 Å². The van der Waals surface area contributed by atoms with Crippen molar-refractivity contribution in [2.75, 3.05) is 7.11 Å². The van der Waals surface area contributed by atoms with Gasteiger partial charge in [0.25, 0.3) is 0 Å². The first-order valence-electron chi connectivity index (χ1n) is 5.45. The van der Waals surface area contributed by atoms with Crippen molar-refractivity contribution in [3.05, 3.63) is 53.1 Å². The molecular weight excluding hydrogens is 284 g/mol. The van der Waals surface area contributed by atoms with E-state index in [2.05, 4.69) is 0 Å². The second kappa shape index (κ2) is 5.99. The lowest BCUT2D eigenvalue weighted by molar-refractivity contribution is 0.0693. The van der Waals surface area contributed by atoms with E-state index in [4.69, 9.17) is 16.3 Å². The second-order valence-corrected chi connectivity index (χ2v) is 5.28. The molecule has 98 valence electrons. The summed E-state index contributed by atoms with van der Waals surface area (Å²) in [6.07, 6.45) is 0. The summed E-state index contributed by atoms with van der Waals surface area (Å²) in [6.45, 7) is 0. The highest BCUT2D eigenvalue weighted by Crippen LogP contribution is 2.34. The zero-order valence-electron chi connectivity index (χ0n) is 10.1. The average Bonchev–Trinajstić information content (AvgIpc) is 2.38. The van der Waals surface area contributed by atoms with E-state index < -0.39 is 5.97 Å². The lowest BCUT2D eigenvalue weighted by Crippen LogP contribution is -1.99. The van der Waals surface area contributed by atoms with Crippen molar-refractivity contribution in [1.29, 1.82) is 0 Å².